The van der Waals surface area contributed by atoms with E-state index < -0.39 is 0 Å². The van der Waals surface area contributed by atoms with Crippen molar-refractivity contribution in [2.45, 2.75) is 44.6 Å². The van der Waals surface area contributed by atoms with Crippen molar-refractivity contribution in [2.24, 2.45) is 0 Å². The van der Waals surface area contributed by atoms with Gasteiger partial charge in [0.15, 0.2) is 0 Å². The Morgan fingerprint density at radius 3 is 2.62 bits per heavy atom. The SMILES string of the molecule is Nc1ccnc(Nc2ccc3c(c2)CCC(N2CCCC2)CC3)n1. The van der Waals surface area contributed by atoms with Gasteiger partial charge in [0.1, 0.15) is 5.82 Å². The van der Waals surface area contributed by atoms with Gasteiger partial charge in [0.25, 0.3) is 0 Å². The molecule has 1 atom stereocenters. The third-order valence-electron chi connectivity index (χ3n) is 5.29. The van der Waals surface area contributed by atoms with E-state index in [-0.39, 0.29) is 0 Å². The topological polar surface area (TPSA) is 67.1 Å². The van der Waals surface area contributed by atoms with Gasteiger partial charge in [-0.05, 0) is 80.9 Å². The lowest BCUT2D eigenvalue weighted by Crippen LogP contribution is -2.32. The zero-order valence-corrected chi connectivity index (χ0v) is 14.0. The number of likely N-dealkylation sites (tertiary alicyclic amines) is 1. The van der Waals surface area contributed by atoms with Crippen LogP contribution in [-0.2, 0) is 12.8 Å². The van der Waals surface area contributed by atoms with Crippen LogP contribution < -0.4 is 11.1 Å². The Kier molecular flexibility index (Phi) is 4.34. The number of nitrogen functional groups attached to an aromatic ring is 1. The van der Waals surface area contributed by atoms with Gasteiger partial charge in [-0.2, -0.15) is 4.98 Å². The lowest BCUT2D eigenvalue weighted by molar-refractivity contribution is 0.222. The number of nitrogens with one attached hydrogen (secondary N) is 1. The average Bonchev–Trinajstić information content (AvgIpc) is 3.03. The minimum atomic E-state index is 0.482. The quantitative estimate of drug-likeness (QED) is 0.849. The van der Waals surface area contributed by atoms with E-state index in [1.807, 2.05) is 0 Å². The lowest BCUT2D eigenvalue weighted by Gasteiger charge is -2.25. The van der Waals surface area contributed by atoms with Crippen LogP contribution in [0, 0.1) is 0 Å². The van der Waals surface area contributed by atoms with Crippen LogP contribution in [0.4, 0.5) is 17.5 Å². The zero-order chi connectivity index (χ0) is 16.4. The molecule has 0 amide bonds. The van der Waals surface area contributed by atoms with E-state index in [0.29, 0.717) is 11.8 Å². The van der Waals surface area contributed by atoms with Crippen molar-refractivity contribution in [1.82, 2.24) is 14.9 Å². The molecule has 0 radical (unpaired) electrons. The summed E-state index contributed by atoms with van der Waals surface area (Å²) < 4.78 is 0. The van der Waals surface area contributed by atoms with Gasteiger partial charge in [-0.15, -0.1) is 0 Å². The molecule has 0 spiro atoms. The Morgan fingerprint density at radius 2 is 1.83 bits per heavy atom. The van der Waals surface area contributed by atoms with Crippen molar-refractivity contribution in [2.75, 3.05) is 24.1 Å². The van der Waals surface area contributed by atoms with E-state index in [4.69, 9.17) is 5.73 Å². The first-order valence-corrected chi connectivity index (χ1v) is 8.99. The van der Waals surface area contributed by atoms with E-state index in [1.54, 1.807) is 12.3 Å². The van der Waals surface area contributed by atoms with Crippen molar-refractivity contribution in [3.63, 3.8) is 0 Å². The maximum atomic E-state index is 5.72. The van der Waals surface area contributed by atoms with Gasteiger partial charge in [0.2, 0.25) is 5.95 Å². The van der Waals surface area contributed by atoms with Gasteiger partial charge in [0.05, 0.1) is 0 Å². The zero-order valence-electron chi connectivity index (χ0n) is 14.0. The number of hydrogen-bond donors (Lipinski definition) is 2. The summed E-state index contributed by atoms with van der Waals surface area (Å²) in [6.07, 6.45) is 9.32. The second kappa shape index (κ2) is 6.77. The molecular weight excluding hydrogens is 298 g/mol. The van der Waals surface area contributed by atoms with Crippen LogP contribution in [0.25, 0.3) is 0 Å². The highest BCUT2D eigenvalue weighted by Gasteiger charge is 2.24. The van der Waals surface area contributed by atoms with Crippen LogP contribution in [0.15, 0.2) is 30.5 Å². The minimum Gasteiger partial charge on any atom is -0.384 e. The summed E-state index contributed by atoms with van der Waals surface area (Å²) >= 11 is 0. The predicted octanol–water partition coefficient (Wildman–Crippen LogP) is 3.15. The summed E-state index contributed by atoms with van der Waals surface area (Å²) in [5.74, 6) is 1.04. The Morgan fingerprint density at radius 1 is 1.04 bits per heavy atom. The van der Waals surface area contributed by atoms with Gasteiger partial charge in [-0.3, -0.25) is 0 Å². The van der Waals surface area contributed by atoms with Crippen LogP contribution in [0.2, 0.25) is 0 Å². The van der Waals surface area contributed by atoms with Crippen molar-refractivity contribution < 1.29 is 0 Å². The summed E-state index contributed by atoms with van der Waals surface area (Å²) in [4.78, 5) is 11.1. The first-order valence-electron chi connectivity index (χ1n) is 8.99. The minimum absolute atomic E-state index is 0.482. The fraction of sp³-hybridized carbons (Fsp3) is 0.474. The molecule has 1 saturated heterocycles. The average molecular weight is 323 g/mol. The second-order valence-corrected chi connectivity index (χ2v) is 6.89. The van der Waals surface area contributed by atoms with Crippen molar-refractivity contribution >= 4 is 17.5 Å². The molecule has 0 saturated carbocycles. The first-order chi connectivity index (χ1) is 11.8. The standard InChI is InChI=1S/C19H25N5/c20-18-9-10-21-19(23-18)22-16-6-3-14-4-7-17(8-5-15(14)13-16)24-11-1-2-12-24/h3,6,9-10,13,17H,1-2,4-5,7-8,11-12H2,(H3,20,21,22,23). The molecule has 2 aromatic rings. The Balaban J connectivity index is 1.48. The fourth-order valence-corrected chi connectivity index (χ4v) is 4.00. The summed E-state index contributed by atoms with van der Waals surface area (Å²) in [6, 6.07) is 9.10. The number of aromatic nitrogens is 2. The number of hydrogen-bond acceptors (Lipinski definition) is 5. The van der Waals surface area contributed by atoms with E-state index >= 15 is 0 Å². The van der Waals surface area contributed by atoms with Crippen LogP contribution in [0.3, 0.4) is 0 Å². The molecule has 2 heterocycles. The summed E-state index contributed by atoms with van der Waals surface area (Å²) in [5.41, 5.74) is 9.72. The molecule has 3 N–H and O–H groups in total. The Labute approximate surface area is 143 Å². The second-order valence-electron chi connectivity index (χ2n) is 6.89. The van der Waals surface area contributed by atoms with Crippen molar-refractivity contribution in [3.8, 4) is 0 Å². The monoisotopic (exact) mass is 323 g/mol. The van der Waals surface area contributed by atoms with Crippen molar-refractivity contribution in [3.05, 3.63) is 41.6 Å². The highest BCUT2D eigenvalue weighted by molar-refractivity contribution is 5.57. The van der Waals surface area contributed by atoms with E-state index in [2.05, 4.69) is 38.4 Å². The molecule has 2 aliphatic rings. The smallest absolute Gasteiger partial charge is 0.229 e. The maximum absolute atomic E-state index is 5.72. The molecule has 5 nitrogen and oxygen atoms in total. The first kappa shape index (κ1) is 15.4. The number of anilines is 3. The molecule has 4 rings (SSSR count). The van der Waals surface area contributed by atoms with E-state index in [1.165, 1.54) is 56.3 Å². The number of rotatable bonds is 3. The van der Waals surface area contributed by atoms with Gasteiger partial charge in [-0.1, -0.05) is 6.07 Å². The van der Waals surface area contributed by atoms with E-state index in [0.717, 1.165) is 18.2 Å². The number of fused-ring (bicyclic) bond motifs is 1. The van der Waals surface area contributed by atoms with Gasteiger partial charge in [0, 0.05) is 17.9 Å². The molecule has 126 valence electrons. The maximum Gasteiger partial charge on any atom is 0.229 e. The molecule has 5 heteroatoms. The summed E-state index contributed by atoms with van der Waals surface area (Å²) in [5, 5.41) is 3.27. The molecule has 1 aromatic heterocycles. The Hall–Kier alpha value is -2.14. The lowest BCUT2D eigenvalue weighted by atomic mass is 10.0. The fourth-order valence-electron chi connectivity index (χ4n) is 4.00. The number of benzene rings is 1. The molecule has 1 fully saturated rings. The molecule has 24 heavy (non-hydrogen) atoms. The van der Waals surface area contributed by atoms with Gasteiger partial charge < -0.3 is 16.0 Å². The molecular formula is C19H25N5. The number of aryl methyl sites for hydroxylation is 2. The van der Waals surface area contributed by atoms with Crippen LogP contribution >= 0.6 is 0 Å². The van der Waals surface area contributed by atoms with Crippen LogP contribution in [0.5, 0.6) is 0 Å². The highest BCUT2D eigenvalue weighted by atomic mass is 15.2. The largest absolute Gasteiger partial charge is 0.384 e. The normalized spacial score (nSPS) is 21.2. The van der Waals surface area contributed by atoms with Crippen molar-refractivity contribution in [1.29, 1.82) is 0 Å². The summed E-state index contributed by atoms with van der Waals surface area (Å²) in [7, 11) is 0. The van der Waals surface area contributed by atoms with Crippen LogP contribution in [-0.4, -0.2) is 34.0 Å². The third kappa shape index (κ3) is 3.36. The number of nitrogens with zero attached hydrogens (tertiary/aromatic N) is 3. The number of nitrogens with two attached hydrogens (primary N) is 1. The molecule has 0 bridgehead atoms. The molecule has 1 aromatic carbocycles. The van der Waals surface area contributed by atoms with Crippen LogP contribution in [0.1, 0.15) is 36.8 Å². The third-order valence-corrected chi connectivity index (χ3v) is 5.29. The Bertz CT molecular complexity index is 709. The van der Waals surface area contributed by atoms with Gasteiger partial charge >= 0.3 is 0 Å². The summed E-state index contributed by atoms with van der Waals surface area (Å²) in [6.45, 7) is 2.58. The molecule has 1 unspecified atom stereocenters. The van der Waals surface area contributed by atoms with Gasteiger partial charge in [-0.25, -0.2) is 4.98 Å². The highest BCUT2D eigenvalue weighted by Crippen LogP contribution is 2.28. The molecule has 1 aliphatic heterocycles. The predicted molar refractivity (Wildman–Crippen MR) is 97.4 cm³/mol. The van der Waals surface area contributed by atoms with E-state index in [9.17, 15) is 0 Å². The molecule has 1 aliphatic carbocycles.